The molecule has 0 aromatic heterocycles. The number of methoxy groups -OCH3 is 3. The Labute approximate surface area is 166 Å². The first-order valence-electron chi connectivity index (χ1n) is 9.08. The summed E-state index contributed by atoms with van der Waals surface area (Å²) < 4.78 is 21.7. The topological polar surface area (TPSA) is 66.0 Å². The van der Waals surface area contributed by atoms with E-state index in [9.17, 15) is 4.79 Å². The summed E-state index contributed by atoms with van der Waals surface area (Å²) in [5.41, 5.74) is 1.77. The van der Waals surface area contributed by atoms with Crippen LogP contribution < -0.4 is 24.3 Å². The van der Waals surface area contributed by atoms with Crippen LogP contribution in [-0.2, 0) is 16.8 Å². The number of benzene rings is 2. The van der Waals surface area contributed by atoms with E-state index in [-0.39, 0.29) is 24.5 Å². The van der Waals surface area contributed by atoms with Crippen molar-refractivity contribution in [2.24, 2.45) is 0 Å². The number of nitrogens with one attached hydrogen (secondary N) is 1. The molecule has 0 heterocycles. The first-order chi connectivity index (χ1) is 13.3. The fourth-order valence-electron chi connectivity index (χ4n) is 2.83. The summed E-state index contributed by atoms with van der Waals surface area (Å²) in [6.07, 6.45) is 0. The van der Waals surface area contributed by atoms with Crippen molar-refractivity contribution in [3.05, 3.63) is 47.5 Å². The fourth-order valence-corrected chi connectivity index (χ4v) is 2.83. The zero-order chi connectivity index (χ0) is 20.7. The Morgan fingerprint density at radius 3 is 2.11 bits per heavy atom. The lowest BCUT2D eigenvalue weighted by atomic mass is 9.86. The van der Waals surface area contributed by atoms with E-state index in [2.05, 4.69) is 26.1 Å². The Bertz CT molecular complexity index is 811. The average Bonchev–Trinajstić information content (AvgIpc) is 2.69. The van der Waals surface area contributed by atoms with Gasteiger partial charge in [-0.25, -0.2) is 0 Å². The van der Waals surface area contributed by atoms with Gasteiger partial charge in [0.05, 0.1) is 21.3 Å². The summed E-state index contributed by atoms with van der Waals surface area (Å²) in [5, 5.41) is 2.85. The molecule has 2 aromatic carbocycles. The lowest BCUT2D eigenvalue weighted by Crippen LogP contribution is -2.29. The number of carbonyl (C=O) groups excluding carboxylic acids is 1. The van der Waals surface area contributed by atoms with Gasteiger partial charge in [0.25, 0.3) is 5.91 Å². The normalized spacial score (nSPS) is 10.9. The zero-order valence-corrected chi connectivity index (χ0v) is 17.4. The molecule has 0 aliphatic rings. The number of hydrogen-bond acceptors (Lipinski definition) is 5. The Kier molecular flexibility index (Phi) is 7.15. The quantitative estimate of drug-likeness (QED) is 0.748. The second-order valence-corrected chi connectivity index (χ2v) is 7.33. The molecule has 0 saturated heterocycles. The van der Waals surface area contributed by atoms with Crippen LogP contribution in [0.4, 0.5) is 0 Å². The third-order valence-corrected chi connectivity index (χ3v) is 4.32. The maximum Gasteiger partial charge on any atom is 0.258 e. The van der Waals surface area contributed by atoms with E-state index in [1.165, 1.54) is 0 Å². The maximum atomic E-state index is 12.3. The first kappa shape index (κ1) is 21.4. The van der Waals surface area contributed by atoms with Crippen LogP contribution in [0.3, 0.4) is 0 Å². The lowest BCUT2D eigenvalue weighted by Gasteiger charge is -2.22. The van der Waals surface area contributed by atoms with Crippen molar-refractivity contribution in [1.29, 1.82) is 0 Å². The predicted molar refractivity (Wildman–Crippen MR) is 109 cm³/mol. The number of carbonyl (C=O) groups is 1. The van der Waals surface area contributed by atoms with Gasteiger partial charge in [-0.3, -0.25) is 4.79 Å². The molecule has 0 atom stereocenters. The molecule has 0 radical (unpaired) electrons. The van der Waals surface area contributed by atoms with Gasteiger partial charge in [0, 0.05) is 18.2 Å². The smallest absolute Gasteiger partial charge is 0.258 e. The summed E-state index contributed by atoms with van der Waals surface area (Å²) in [5.74, 6) is 2.24. The van der Waals surface area contributed by atoms with Crippen molar-refractivity contribution in [2.75, 3.05) is 27.9 Å². The monoisotopic (exact) mass is 387 g/mol. The van der Waals surface area contributed by atoms with Gasteiger partial charge in [0.15, 0.2) is 18.1 Å². The van der Waals surface area contributed by atoms with Crippen LogP contribution in [0, 0.1) is 0 Å². The standard InChI is InChI=1S/C22H29NO5/c1-22(2,3)16-9-7-8-10-17(16)28-14-21(24)23-13-15-11-19(26-5)20(27-6)12-18(15)25-4/h7-12H,13-14H2,1-6H3,(H,23,24). The third kappa shape index (κ3) is 5.31. The number of ether oxygens (including phenoxy) is 4. The van der Waals surface area contributed by atoms with Gasteiger partial charge >= 0.3 is 0 Å². The molecule has 0 bridgehead atoms. The molecule has 1 amide bonds. The van der Waals surface area contributed by atoms with Crippen LogP contribution in [-0.4, -0.2) is 33.8 Å². The summed E-state index contributed by atoms with van der Waals surface area (Å²) >= 11 is 0. The summed E-state index contributed by atoms with van der Waals surface area (Å²) in [7, 11) is 4.69. The predicted octanol–water partition coefficient (Wildman–Crippen LogP) is 3.71. The number of hydrogen-bond donors (Lipinski definition) is 1. The van der Waals surface area contributed by atoms with Crippen molar-refractivity contribution in [3.8, 4) is 23.0 Å². The molecular weight excluding hydrogens is 358 g/mol. The minimum absolute atomic E-state index is 0.0668. The van der Waals surface area contributed by atoms with Crippen molar-refractivity contribution in [1.82, 2.24) is 5.32 Å². The molecular formula is C22H29NO5. The van der Waals surface area contributed by atoms with E-state index in [0.717, 1.165) is 11.1 Å². The molecule has 0 aliphatic carbocycles. The Hall–Kier alpha value is -2.89. The van der Waals surface area contributed by atoms with Crippen molar-refractivity contribution >= 4 is 5.91 Å². The largest absolute Gasteiger partial charge is 0.496 e. The molecule has 1 N–H and O–H groups in total. The summed E-state index contributed by atoms with van der Waals surface area (Å²) in [6, 6.07) is 11.3. The SMILES string of the molecule is COc1cc(OC)c(OC)cc1CNC(=O)COc1ccccc1C(C)(C)C. The second-order valence-electron chi connectivity index (χ2n) is 7.33. The fraction of sp³-hybridized carbons (Fsp3) is 0.409. The van der Waals surface area contributed by atoms with Gasteiger partial charge in [-0.1, -0.05) is 39.0 Å². The van der Waals surface area contributed by atoms with Gasteiger partial charge in [0.1, 0.15) is 11.5 Å². The van der Waals surface area contributed by atoms with Crippen molar-refractivity contribution in [2.45, 2.75) is 32.7 Å². The lowest BCUT2D eigenvalue weighted by molar-refractivity contribution is -0.123. The zero-order valence-electron chi connectivity index (χ0n) is 17.4. The van der Waals surface area contributed by atoms with E-state index >= 15 is 0 Å². The van der Waals surface area contributed by atoms with Gasteiger partial charge in [-0.05, 0) is 23.1 Å². The molecule has 0 aliphatic heterocycles. The van der Waals surface area contributed by atoms with Crippen LogP contribution in [0.5, 0.6) is 23.0 Å². The molecule has 0 fully saturated rings. The van der Waals surface area contributed by atoms with Gasteiger partial charge in [-0.15, -0.1) is 0 Å². The molecule has 6 nitrogen and oxygen atoms in total. The molecule has 28 heavy (non-hydrogen) atoms. The van der Waals surface area contributed by atoms with E-state index in [0.29, 0.717) is 23.0 Å². The number of amides is 1. The Morgan fingerprint density at radius 2 is 1.50 bits per heavy atom. The summed E-state index contributed by atoms with van der Waals surface area (Å²) in [4.78, 5) is 12.3. The Balaban J connectivity index is 2.02. The first-order valence-corrected chi connectivity index (χ1v) is 9.08. The van der Waals surface area contributed by atoms with Crippen LogP contribution >= 0.6 is 0 Å². The maximum absolute atomic E-state index is 12.3. The second kappa shape index (κ2) is 9.35. The molecule has 0 unspecified atom stereocenters. The molecule has 2 rings (SSSR count). The van der Waals surface area contributed by atoms with Crippen LogP contribution in [0.15, 0.2) is 36.4 Å². The highest BCUT2D eigenvalue weighted by molar-refractivity contribution is 5.77. The molecule has 152 valence electrons. The van der Waals surface area contributed by atoms with Gasteiger partial charge in [0.2, 0.25) is 0 Å². The molecule has 0 saturated carbocycles. The summed E-state index contributed by atoms with van der Waals surface area (Å²) in [6.45, 7) is 6.55. The van der Waals surface area contributed by atoms with Crippen LogP contribution in [0.25, 0.3) is 0 Å². The third-order valence-electron chi connectivity index (χ3n) is 4.32. The molecule has 0 spiro atoms. The average molecular weight is 387 g/mol. The van der Waals surface area contributed by atoms with Crippen molar-refractivity contribution in [3.63, 3.8) is 0 Å². The molecule has 2 aromatic rings. The van der Waals surface area contributed by atoms with E-state index in [4.69, 9.17) is 18.9 Å². The highest BCUT2D eigenvalue weighted by Crippen LogP contribution is 2.34. The highest BCUT2D eigenvalue weighted by Gasteiger charge is 2.19. The van der Waals surface area contributed by atoms with Gasteiger partial charge < -0.3 is 24.3 Å². The van der Waals surface area contributed by atoms with Crippen molar-refractivity contribution < 1.29 is 23.7 Å². The van der Waals surface area contributed by atoms with E-state index in [1.54, 1.807) is 33.5 Å². The minimum atomic E-state index is -0.222. The van der Waals surface area contributed by atoms with Gasteiger partial charge in [-0.2, -0.15) is 0 Å². The Morgan fingerprint density at radius 1 is 0.893 bits per heavy atom. The molecule has 6 heteroatoms. The van der Waals surface area contributed by atoms with E-state index in [1.807, 2.05) is 24.3 Å². The minimum Gasteiger partial charge on any atom is -0.496 e. The highest BCUT2D eigenvalue weighted by atomic mass is 16.5. The number of rotatable bonds is 8. The van der Waals surface area contributed by atoms with E-state index < -0.39 is 0 Å². The number of para-hydroxylation sites is 1. The van der Waals surface area contributed by atoms with Crippen LogP contribution in [0.1, 0.15) is 31.9 Å². The van der Waals surface area contributed by atoms with Crippen LogP contribution in [0.2, 0.25) is 0 Å².